The van der Waals surface area contributed by atoms with Crippen LogP contribution in [0.3, 0.4) is 0 Å². The van der Waals surface area contributed by atoms with Gasteiger partial charge in [0.15, 0.2) is 0 Å². The zero-order valence-electron chi connectivity index (χ0n) is 25.4. The van der Waals surface area contributed by atoms with Gasteiger partial charge in [-0.1, -0.05) is 64.8 Å². The van der Waals surface area contributed by atoms with E-state index in [0.717, 1.165) is 18.4 Å². The van der Waals surface area contributed by atoms with E-state index in [-0.39, 0.29) is 17.7 Å². The highest BCUT2D eigenvalue weighted by molar-refractivity contribution is 5.99. The van der Waals surface area contributed by atoms with Gasteiger partial charge < -0.3 is 25.0 Å². The molecule has 3 atom stereocenters. The number of ether oxygens (including phenoxy) is 2. The number of amides is 3. The van der Waals surface area contributed by atoms with E-state index in [1.807, 2.05) is 45.0 Å². The van der Waals surface area contributed by atoms with Crippen molar-refractivity contribution in [2.24, 2.45) is 5.92 Å². The lowest BCUT2D eigenvalue weighted by atomic mass is 9.95. The molecule has 0 aromatic heterocycles. The van der Waals surface area contributed by atoms with E-state index >= 15 is 0 Å². The Morgan fingerprint density at radius 2 is 1.57 bits per heavy atom. The maximum atomic E-state index is 14.3. The number of hydrogen-bond donors (Lipinski definition) is 2. The molecule has 3 amide bonds. The third kappa shape index (κ3) is 9.57. The Balaban J connectivity index is 2.53. The number of anilines is 1. The number of nitrogens with zero attached hydrogens (tertiary/aromatic N) is 1. The number of benzene rings is 2. The summed E-state index contributed by atoms with van der Waals surface area (Å²) in [6, 6.07) is 13.1. The van der Waals surface area contributed by atoms with E-state index in [4.69, 9.17) is 9.47 Å². The van der Waals surface area contributed by atoms with E-state index in [2.05, 4.69) is 17.6 Å². The van der Waals surface area contributed by atoms with Gasteiger partial charge in [0.2, 0.25) is 5.91 Å². The van der Waals surface area contributed by atoms with Crippen molar-refractivity contribution in [2.45, 2.75) is 91.8 Å². The molecule has 0 fully saturated rings. The van der Waals surface area contributed by atoms with E-state index in [0.29, 0.717) is 36.4 Å². The predicted molar refractivity (Wildman–Crippen MR) is 159 cm³/mol. The van der Waals surface area contributed by atoms with Crippen molar-refractivity contribution in [3.05, 3.63) is 59.7 Å². The largest absolute Gasteiger partial charge is 0.497 e. The SMILES string of the molecule is CCCCN(C(=O)C(NC(=O)OC(C)(C)C)C(C)CC)C(C(=O)Nc1ccc(OC)cc1)c1ccc(CC)cc1. The molecule has 0 aliphatic carbocycles. The van der Waals surface area contributed by atoms with Gasteiger partial charge in [-0.15, -0.1) is 0 Å². The van der Waals surface area contributed by atoms with E-state index < -0.39 is 23.8 Å². The number of nitrogens with one attached hydrogen (secondary N) is 2. The Bertz CT molecular complexity index is 1090. The number of unbranched alkanes of at least 4 members (excludes halogenated alkanes) is 1. The van der Waals surface area contributed by atoms with Crippen molar-refractivity contribution in [3.8, 4) is 5.75 Å². The predicted octanol–water partition coefficient (Wildman–Crippen LogP) is 6.51. The van der Waals surface area contributed by atoms with E-state index in [1.54, 1.807) is 57.0 Å². The molecule has 220 valence electrons. The number of carbonyl (C=O) groups is 3. The van der Waals surface area contributed by atoms with Gasteiger partial charge in [-0.05, 0) is 74.9 Å². The van der Waals surface area contributed by atoms with Crippen LogP contribution >= 0.6 is 0 Å². The van der Waals surface area contributed by atoms with Crippen LogP contribution in [0.5, 0.6) is 5.75 Å². The van der Waals surface area contributed by atoms with Gasteiger partial charge >= 0.3 is 6.09 Å². The van der Waals surface area contributed by atoms with Crippen molar-refractivity contribution in [2.75, 3.05) is 19.0 Å². The summed E-state index contributed by atoms with van der Waals surface area (Å²) in [5.41, 5.74) is 1.72. The molecule has 0 bridgehead atoms. The average molecular weight is 554 g/mol. The van der Waals surface area contributed by atoms with Crippen LogP contribution < -0.4 is 15.4 Å². The summed E-state index contributed by atoms with van der Waals surface area (Å²) in [6.45, 7) is 13.7. The van der Waals surface area contributed by atoms with Gasteiger partial charge in [0.25, 0.3) is 5.91 Å². The molecule has 8 heteroatoms. The molecule has 0 aliphatic rings. The number of alkyl carbamates (subject to hydrolysis) is 1. The zero-order valence-corrected chi connectivity index (χ0v) is 25.4. The van der Waals surface area contributed by atoms with Gasteiger partial charge in [0, 0.05) is 12.2 Å². The van der Waals surface area contributed by atoms with Crippen LogP contribution in [0.4, 0.5) is 10.5 Å². The molecule has 8 nitrogen and oxygen atoms in total. The molecule has 3 unspecified atom stereocenters. The van der Waals surface area contributed by atoms with Gasteiger partial charge in [-0.2, -0.15) is 0 Å². The summed E-state index contributed by atoms with van der Waals surface area (Å²) in [5, 5.41) is 5.79. The average Bonchev–Trinajstić information content (AvgIpc) is 2.92. The van der Waals surface area contributed by atoms with Gasteiger partial charge in [0.1, 0.15) is 23.4 Å². The summed E-state index contributed by atoms with van der Waals surface area (Å²) in [5.74, 6) is -0.159. The lowest BCUT2D eigenvalue weighted by Crippen LogP contribution is -2.55. The van der Waals surface area contributed by atoms with Crippen LogP contribution in [-0.2, 0) is 20.7 Å². The van der Waals surface area contributed by atoms with Crippen LogP contribution in [-0.4, -0.2) is 48.1 Å². The van der Waals surface area contributed by atoms with Crippen LogP contribution in [0, 0.1) is 5.92 Å². The highest BCUT2D eigenvalue weighted by Crippen LogP contribution is 2.27. The lowest BCUT2D eigenvalue weighted by Gasteiger charge is -2.36. The minimum atomic E-state index is -0.904. The zero-order chi connectivity index (χ0) is 29.9. The topological polar surface area (TPSA) is 97.0 Å². The monoisotopic (exact) mass is 553 g/mol. The summed E-state index contributed by atoms with van der Waals surface area (Å²) >= 11 is 0. The maximum Gasteiger partial charge on any atom is 0.408 e. The number of rotatable bonds is 13. The fourth-order valence-electron chi connectivity index (χ4n) is 4.28. The minimum Gasteiger partial charge on any atom is -0.497 e. The molecule has 0 saturated heterocycles. The fraction of sp³-hybridized carbons (Fsp3) is 0.531. The molecule has 2 aromatic rings. The normalized spacial score (nSPS) is 13.5. The maximum absolute atomic E-state index is 14.3. The van der Waals surface area contributed by atoms with Crippen LogP contribution in [0.15, 0.2) is 48.5 Å². The lowest BCUT2D eigenvalue weighted by molar-refractivity contribution is -0.142. The number of hydrogen-bond acceptors (Lipinski definition) is 5. The Morgan fingerprint density at radius 3 is 2.08 bits per heavy atom. The molecule has 0 radical (unpaired) electrons. The highest BCUT2D eigenvalue weighted by atomic mass is 16.6. The van der Waals surface area contributed by atoms with Crippen LogP contribution in [0.1, 0.15) is 84.9 Å². The quantitative estimate of drug-likeness (QED) is 0.295. The summed E-state index contributed by atoms with van der Waals surface area (Å²) in [4.78, 5) is 42.6. The van der Waals surface area contributed by atoms with Crippen LogP contribution in [0.25, 0.3) is 0 Å². The van der Waals surface area contributed by atoms with Gasteiger partial charge in [-0.3, -0.25) is 9.59 Å². The second kappa shape index (κ2) is 15.3. The molecule has 0 saturated carbocycles. The first-order chi connectivity index (χ1) is 18.9. The fourth-order valence-corrected chi connectivity index (χ4v) is 4.28. The van der Waals surface area contributed by atoms with Gasteiger partial charge in [-0.25, -0.2) is 4.79 Å². The van der Waals surface area contributed by atoms with Crippen molar-refractivity contribution in [1.29, 1.82) is 0 Å². The summed E-state index contributed by atoms with van der Waals surface area (Å²) < 4.78 is 10.7. The Hall–Kier alpha value is -3.55. The number of aryl methyl sites for hydroxylation is 1. The molecule has 0 spiro atoms. The second-order valence-corrected chi connectivity index (χ2v) is 11.1. The van der Waals surface area contributed by atoms with Crippen molar-refractivity contribution >= 4 is 23.6 Å². The molecule has 2 aromatic carbocycles. The first-order valence-electron chi connectivity index (χ1n) is 14.3. The highest BCUT2D eigenvalue weighted by Gasteiger charge is 2.38. The molecule has 40 heavy (non-hydrogen) atoms. The molecular weight excluding hydrogens is 506 g/mol. The second-order valence-electron chi connectivity index (χ2n) is 11.1. The Kier molecular flexibility index (Phi) is 12.5. The molecule has 0 heterocycles. The smallest absolute Gasteiger partial charge is 0.408 e. The van der Waals surface area contributed by atoms with E-state index in [1.165, 1.54) is 0 Å². The molecule has 2 N–H and O–H groups in total. The number of carbonyl (C=O) groups excluding carboxylic acids is 3. The molecular formula is C32H47N3O5. The van der Waals surface area contributed by atoms with Crippen molar-refractivity contribution in [3.63, 3.8) is 0 Å². The van der Waals surface area contributed by atoms with Crippen LogP contribution in [0.2, 0.25) is 0 Å². The first kappa shape index (κ1) is 32.7. The summed E-state index contributed by atoms with van der Waals surface area (Å²) in [6.07, 6.45) is 2.39. The number of methoxy groups -OCH3 is 1. The molecule has 2 rings (SSSR count). The molecule has 0 aliphatic heterocycles. The Morgan fingerprint density at radius 1 is 0.950 bits per heavy atom. The Labute approximate surface area is 239 Å². The third-order valence-corrected chi connectivity index (χ3v) is 6.81. The van der Waals surface area contributed by atoms with E-state index in [9.17, 15) is 14.4 Å². The first-order valence-corrected chi connectivity index (χ1v) is 14.3. The third-order valence-electron chi connectivity index (χ3n) is 6.81. The standard InChI is InChI=1S/C32H47N3O5/c1-9-12-21-35(30(37)27(22(4)10-2)34-31(38)40-32(5,6)7)28(24-15-13-23(11-3)14-16-24)29(36)33-25-17-19-26(39-8)20-18-25/h13-20,22,27-28H,9-12,21H2,1-8H3,(H,33,36)(H,34,38). The minimum absolute atomic E-state index is 0.183. The van der Waals surface area contributed by atoms with Crippen molar-refractivity contribution in [1.82, 2.24) is 10.2 Å². The van der Waals surface area contributed by atoms with Gasteiger partial charge in [0.05, 0.1) is 7.11 Å². The summed E-state index contributed by atoms with van der Waals surface area (Å²) in [7, 11) is 1.58. The van der Waals surface area contributed by atoms with Crippen molar-refractivity contribution < 1.29 is 23.9 Å².